The topological polar surface area (TPSA) is 0 Å². The van der Waals surface area contributed by atoms with E-state index in [1.807, 2.05) is 0 Å². The Hall–Kier alpha value is -3.38. The van der Waals surface area contributed by atoms with Crippen molar-refractivity contribution in [2.24, 2.45) is 0 Å². The normalized spacial score (nSPS) is 11.9. The second-order valence-electron chi connectivity index (χ2n) is 9.21. The summed E-state index contributed by atoms with van der Waals surface area (Å²) in [7, 11) is 0. The second-order valence-corrected chi connectivity index (χ2v) is 9.21. The third-order valence-electron chi connectivity index (χ3n) is 7.04. The summed E-state index contributed by atoms with van der Waals surface area (Å²) in [5, 5.41) is 13.3. The van der Waals surface area contributed by atoms with Crippen molar-refractivity contribution in [3.05, 3.63) is 96.6 Å². The van der Waals surface area contributed by atoms with Crippen LogP contribution >= 0.6 is 0 Å². The molecule has 6 aromatic carbocycles. The van der Waals surface area contributed by atoms with Crippen LogP contribution in [0.5, 0.6) is 0 Å². The molecule has 156 valence electrons. The number of benzene rings is 6. The zero-order valence-electron chi connectivity index (χ0n) is 18.7. The lowest BCUT2D eigenvalue weighted by Crippen LogP contribution is -1.87. The molecule has 0 radical (unpaired) electrons. The van der Waals surface area contributed by atoms with Crippen LogP contribution in [-0.2, 0) is 6.42 Å². The molecule has 0 aliphatic rings. The first kappa shape index (κ1) is 19.3. The van der Waals surface area contributed by atoms with Gasteiger partial charge in [0.2, 0.25) is 0 Å². The van der Waals surface area contributed by atoms with Gasteiger partial charge in [-0.25, -0.2) is 0 Å². The maximum Gasteiger partial charge on any atom is -0.00987 e. The van der Waals surface area contributed by atoms with E-state index in [0.717, 1.165) is 0 Å². The maximum absolute atomic E-state index is 2.40. The number of rotatable bonds is 5. The Labute approximate surface area is 189 Å². The second kappa shape index (κ2) is 7.95. The number of fused-ring (bicyclic) bond motifs is 7. The van der Waals surface area contributed by atoms with Crippen LogP contribution in [0.3, 0.4) is 0 Å². The molecular formula is C32H28. The summed E-state index contributed by atoms with van der Waals surface area (Å²) in [6.45, 7) is 2.27. The van der Waals surface area contributed by atoms with Crippen molar-refractivity contribution in [3.8, 4) is 0 Å². The number of hydrogen-bond acceptors (Lipinski definition) is 0. The van der Waals surface area contributed by atoms with Gasteiger partial charge >= 0.3 is 0 Å². The van der Waals surface area contributed by atoms with E-state index in [9.17, 15) is 0 Å². The molecule has 0 fully saturated rings. The molecule has 0 spiro atoms. The van der Waals surface area contributed by atoms with E-state index in [-0.39, 0.29) is 0 Å². The number of unbranched alkanes of at least 4 members (excludes halogenated alkanes) is 3. The molecule has 0 heterocycles. The molecule has 0 amide bonds. The van der Waals surface area contributed by atoms with Crippen LogP contribution in [0.25, 0.3) is 53.9 Å². The van der Waals surface area contributed by atoms with Crippen molar-refractivity contribution >= 4 is 53.9 Å². The standard InChI is InChI=1S/C32H28/c1-2-3-4-5-8-22-11-12-25-21-32-27(19-28(25)17-22)14-16-29-30(32)15-13-26-18-23-9-6-7-10-24(23)20-31(26)29/h6-7,9-21H,2-5,8H2,1H3. The summed E-state index contributed by atoms with van der Waals surface area (Å²) < 4.78 is 0. The van der Waals surface area contributed by atoms with Gasteiger partial charge in [-0.2, -0.15) is 0 Å². The van der Waals surface area contributed by atoms with Gasteiger partial charge in [0.05, 0.1) is 0 Å². The third-order valence-corrected chi connectivity index (χ3v) is 7.04. The Morgan fingerprint density at radius 1 is 0.438 bits per heavy atom. The van der Waals surface area contributed by atoms with Crippen molar-refractivity contribution in [1.82, 2.24) is 0 Å². The molecule has 0 heteroatoms. The molecule has 0 aliphatic heterocycles. The summed E-state index contributed by atoms with van der Waals surface area (Å²) in [6.07, 6.45) is 6.45. The molecule has 0 saturated carbocycles. The molecule has 0 saturated heterocycles. The van der Waals surface area contributed by atoms with Gasteiger partial charge in [0.1, 0.15) is 0 Å². The fourth-order valence-electron chi connectivity index (χ4n) is 5.27. The van der Waals surface area contributed by atoms with Gasteiger partial charge in [-0.3, -0.25) is 0 Å². The lowest BCUT2D eigenvalue weighted by atomic mass is 9.93. The maximum atomic E-state index is 2.40. The van der Waals surface area contributed by atoms with E-state index in [1.165, 1.54) is 91.5 Å². The minimum absolute atomic E-state index is 1.19. The van der Waals surface area contributed by atoms with E-state index < -0.39 is 0 Å². The van der Waals surface area contributed by atoms with Crippen molar-refractivity contribution < 1.29 is 0 Å². The summed E-state index contributed by atoms with van der Waals surface area (Å²) in [6, 6.07) is 34.3. The van der Waals surface area contributed by atoms with Gasteiger partial charge in [0, 0.05) is 0 Å². The molecule has 6 rings (SSSR count). The van der Waals surface area contributed by atoms with E-state index >= 15 is 0 Å². The largest absolute Gasteiger partial charge is 0.0654 e. The predicted octanol–water partition coefficient (Wildman–Crippen LogP) is 9.58. The Morgan fingerprint density at radius 2 is 1.03 bits per heavy atom. The highest BCUT2D eigenvalue weighted by Crippen LogP contribution is 2.35. The lowest BCUT2D eigenvalue weighted by Gasteiger charge is -2.11. The van der Waals surface area contributed by atoms with Crippen molar-refractivity contribution in [1.29, 1.82) is 0 Å². The van der Waals surface area contributed by atoms with Crippen molar-refractivity contribution in [3.63, 3.8) is 0 Å². The molecule has 0 aliphatic carbocycles. The predicted molar refractivity (Wildman–Crippen MR) is 142 cm³/mol. The Bertz CT molecular complexity index is 1600. The highest BCUT2D eigenvalue weighted by molar-refractivity contribution is 6.20. The average molecular weight is 413 g/mol. The summed E-state index contributed by atoms with van der Waals surface area (Å²) >= 11 is 0. The fraction of sp³-hybridized carbons (Fsp3) is 0.188. The van der Waals surface area contributed by atoms with E-state index in [4.69, 9.17) is 0 Å². The summed E-state index contributed by atoms with van der Waals surface area (Å²) in [5.41, 5.74) is 1.46. The molecule has 0 nitrogen and oxygen atoms in total. The zero-order valence-corrected chi connectivity index (χ0v) is 18.7. The number of aryl methyl sites for hydroxylation is 1. The quantitative estimate of drug-likeness (QED) is 0.150. The van der Waals surface area contributed by atoms with Crippen LogP contribution < -0.4 is 0 Å². The molecule has 0 N–H and O–H groups in total. The van der Waals surface area contributed by atoms with Gasteiger partial charge in [0.25, 0.3) is 0 Å². The highest BCUT2D eigenvalue weighted by atomic mass is 14.1. The van der Waals surface area contributed by atoms with Gasteiger partial charge in [0.15, 0.2) is 0 Å². The Kier molecular flexibility index (Phi) is 4.80. The zero-order chi connectivity index (χ0) is 21.5. The van der Waals surface area contributed by atoms with Crippen LogP contribution in [-0.4, -0.2) is 0 Å². The van der Waals surface area contributed by atoms with E-state index in [0.29, 0.717) is 0 Å². The first-order valence-electron chi connectivity index (χ1n) is 12.0. The van der Waals surface area contributed by atoms with Crippen molar-refractivity contribution in [2.75, 3.05) is 0 Å². The van der Waals surface area contributed by atoms with Gasteiger partial charge in [-0.05, 0) is 96.5 Å². The molecule has 0 bridgehead atoms. The summed E-state index contributed by atoms with van der Waals surface area (Å²) in [4.78, 5) is 0. The van der Waals surface area contributed by atoms with Crippen LogP contribution in [0.15, 0.2) is 91.0 Å². The molecular weight excluding hydrogens is 384 g/mol. The first-order chi connectivity index (χ1) is 15.8. The average Bonchev–Trinajstić information content (AvgIpc) is 2.83. The minimum atomic E-state index is 1.19. The minimum Gasteiger partial charge on any atom is -0.0654 e. The van der Waals surface area contributed by atoms with Crippen LogP contribution in [0.1, 0.15) is 38.2 Å². The fourth-order valence-corrected chi connectivity index (χ4v) is 5.27. The molecule has 0 unspecified atom stereocenters. The van der Waals surface area contributed by atoms with Crippen LogP contribution in [0.4, 0.5) is 0 Å². The smallest absolute Gasteiger partial charge is 0.00987 e. The molecule has 6 aromatic rings. The molecule has 0 atom stereocenters. The van der Waals surface area contributed by atoms with Gasteiger partial charge in [-0.1, -0.05) is 92.9 Å². The SMILES string of the molecule is CCCCCCc1ccc2cc3c(ccc4c5cc6ccccc6cc5ccc34)cc2c1. The third kappa shape index (κ3) is 3.31. The van der Waals surface area contributed by atoms with Gasteiger partial charge < -0.3 is 0 Å². The van der Waals surface area contributed by atoms with Crippen LogP contribution in [0.2, 0.25) is 0 Å². The number of hydrogen-bond donors (Lipinski definition) is 0. The van der Waals surface area contributed by atoms with E-state index in [2.05, 4.69) is 97.9 Å². The lowest BCUT2D eigenvalue weighted by molar-refractivity contribution is 0.667. The Balaban J connectivity index is 1.50. The molecule has 0 aromatic heterocycles. The van der Waals surface area contributed by atoms with Crippen molar-refractivity contribution in [2.45, 2.75) is 39.0 Å². The van der Waals surface area contributed by atoms with E-state index in [1.54, 1.807) is 0 Å². The van der Waals surface area contributed by atoms with Crippen LogP contribution in [0, 0.1) is 0 Å². The van der Waals surface area contributed by atoms with Gasteiger partial charge in [-0.15, -0.1) is 0 Å². The highest BCUT2D eigenvalue weighted by Gasteiger charge is 2.08. The molecule has 32 heavy (non-hydrogen) atoms. The summed E-state index contributed by atoms with van der Waals surface area (Å²) in [5.74, 6) is 0. The Morgan fingerprint density at radius 3 is 1.72 bits per heavy atom. The monoisotopic (exact) mass is 412 g/mol. The first-order valence-corrected chi connectivity index (χ1v) is 12.0.